The first-order chi connectivity index (χ1) is 15.3. The molecule has 1 N–H and O–H groups in total. The summed E-state index contributed by atoms with van der Waals surface area (Å²) in [6, 6.07) is 10.1. The van der Waals surface area contributed by atoms with Crippen LogP contribution in [0.2, 0.25) is 0 Å². The van der Waals surface area contributed by atoms with Gasteiger partial charge in [-0.05, 0) is 37.6 Å². The van der Waals surface area contributed by atoms with Gasteiger partial charge in [0.2, 0.25) is 0 Å². The maximum absolute atomic E-state index is 13.5. The number of rotatable bonds is 8. The van der Waals surface area contributed by atoms with Crippen LogP contribution in [0.3, 0.4) is 0 Å². The quantitative estimate of drug-likeness (QED) is 0.605. The molecule has 0 atom stereocenters. The minimum Gasteiger partial charge on any atom is -0.493 e. The molecular formula is C23H26N2O6S. The van der Waals surface area contributed by atoms with Crippen LogP contribution in [0.4, 0.5) is 11.4 Å². The Bertz CT molecular complexity index is 1190. The van der Waals surface area contributed by atoms with Crippen LogP contribution in [0.5, 0.6) is 17.2 Å². The zero-order chi connectivity index (χ0) is 23.5. The number of sulfonamides is 1. The molecule has 0 radical (unpaired) electrons. The number of nitrogens with one attached hydrogen (secondary N) is 1. The van der Waals surface area contributed by atoms with Gasteiger partial charge < -0.3 is 19.5 Å². The molecule has 0 bridgehead atoms. The third kappa shape index (κ3) is 4.03. The lowest BCUT2D eigenvalue weighted by atomic mass is 10.0. The maximum atomic E-state index is 13.5. The fourth-order valence-electron chi connectivity index (χ4n) is 3.56. The number of ether oxygens (including phenoxy) is 3. The molecule has 1 aliphatic heterocycles. The van der Waals surface area contributed by atoms with Crippen LogP contribution >= 0.6 is 0 Å². The van der Waals surface area contributed by atoms with E-state index in [1.807, 2.05) is 6.92 Å². The normalized spacial score (nSPS) is 14.4. The average molecular weight is 459 g/mol. The first-order valence-corrected chi connectivity index (χ1v) is 11.4. The fraction of sp³-hybridized carbons (Fsp3) is 0.261. The van der Waals surface area contributed by atoms with Gasteiger partial charge in [-0.15, -0.1) is 6.58 Å². The van der Waals surface area contributed by atoms with E-state index in [1.165, 1.54) is 20.3 Å². The van der Waals surface area contributed by atoms with Crippen molar-refractivity contribution in [2.75, 3.05) is 37.0 Å². The predicted molar refractivity (Wildman–Crippen MR) is 125 cm³/mol. The zero-order valence-corrected chi connectivity index (χ0v) is 19.3. The zero-order valence-electron chi connectivity index (χ0n) is 18.5. The molecule has 1 heterocycles. The number of methoxy groups -OCH3 is 2. The second kappa shape index (κ2) is 9.35. The van der Waals surface area contributed by atoms with Crippen molar-refractivity contribution >= 4 is 32.9 Å². The highest BCUT2D eigenvalue weighted by atomic mass is 32.2. The smallest absolute Gasteiger partial charge is 0.270 e. The molecule has 0 saturated carbocycles. The van der Waals surface area contributed by atoms with Crippen LogP contribution < -0.4 is 23.8 Å². The van der Waals surface area contributed by atoms with Gasteiger partial charge in [-0.3, -0.25) is 9.10 Å². The molecular weight excluding hydrogens is 432 g/mol. The van der Waals surface area contributed by atoms with Crippen LogP contribution in [0.1, 0.15) is 19.4 Å². The lowest BCUT2D eigenvalue weighted by molar-refractivity contribution is -0.112. The lowest BCUT2D eigenvalue weighted by Crippen LogP contribution is -2.39. The molecule has 0 fully saturated rings. The summed E-state index contributed by atoms with van der Waals surface area (Å²) in [5, 5.41) is 2.69. The summed E-state index contributed by atoms with van der Waals surface area (Å²) in [4.78, 5) is 12.9. The molecule has 1 aliphatic rings. The second-order valence-electron chi connectivity index (χ2n) is 6.89. The van der Waals surface area contributed by atoms with Crippen LogP contribution in [0.25, 0.3) is 5.57 Å². The van der Waals surface area contributed by atoms with Crippen molar-refractivity contribution in [2.24, 2.45) is 0 Å². The SMILES string of the molecule is C=CCN1c2cc(OC)c(OC)cc2C(C)=C(C(=O)Nc2ccccc2OCC)S1(=O)=O. The van der Waals surface area contributed by atoms with Gasteiger partial charge in [0, 0.05) is 11.6 Å². The van der Waals surface area contributed by atoms with Gasteiger partial charge in [-0.1, -0.05) is 18.2 Å². The van der Waals surface area contributed by atoms with Crippen molar-refractivity contribution in [1.29, 1.82) is 0 Å². The Labute approximate surface area is 188 Å². The molecule has 170 valence electrons. The van der Waals surface area contributed by atoms with Gasteiger partial charge in [0.05, 0.1) is 38.7 Å². The molecule has 32 heavy (non-hydrogen) atoms. The third-order valence-electron chi connectivity index (χ3n) is 5.00. The van der Waals surface area contributed by atoms with Gasteiger partial charge in [0.1, 0.15) is 5.75 Å². The second-order valence-corrected chi connectivity index (χ2v) is 8.69. The number of carbonyl (C=O) groups is 1. The summed E-state index contributed by atoms with van der Waals surface area (Å²) in [7, 11) is -1.23. The summed E-state index contributed by atoms with van der Waals surface area (Å²) in [5.74, 6) is 0.487. The topological polar surface area (TPSA) is 94.2 Å². The van der Waals surface area contributed by atoms with Crippen molar-refractivity contribution in [3.8, 4) is 17.2 Å². The minimum atomic E-state index is -4.19. The largest absolute Gasteiger partial charge is 0.493 e. The number of anilines is 2. The average Bonchev–Trinajstić information content (AvgIpc) is 2.77. The molecule has 2 aromatic rings. The molecule has 0 unspecified atom stereocenters. The van der Waals surface area contributed by atoms with Crippen LogP contribution in [-0.4, -0.2) is 41.7 Å². The number of fused-ring (bicyclic) bond motifs is 1. The number of nitrogens with zero attached hydrogens (tertiary/aromatic N) is 1. The van der Waals surface area contributed by atoms with Crippen molar-refractivity contribution in [3.05, 3.63) is 59.5 Å². The van der Waals surface area contributed by atoms with Gasteiger partial charge >= 0.3 is 0 Å². The molecule has 0 aliphatic carbocycles. The number of allylic oxidation sites excluding steroid dienone is 1. The van der Waals surface area contributed by atoms with Crippen molar-refractivity contribution in [3.63, 3.8) is 0 Å². The van der Waals surface area contributed by atoms with Gasteiger partial charge in [0.15, 0.2) is 16.4 Å². The molecule has 1 amide bonds. The Morgan fingerprint density at radius 1 is 1.12 bits per heavy atom. The highest BCUT2D eigenvalue weighted by Gasteiger charge is 2.40. The highest BCUT2D eigenvalue weighted by Crippen LogP contribution is 2.45. The molecule has 3 rings (SSSR count). The van der Waals surface area contributed by atoms with Crippen molar-refractivity contribution < 1.29 is 27.4 Å². The summed E-state index contributed by atoms with van der Waals surface area (Å²) in [5.41, 5.74) is 1.60. The number of hydrogen-bond donors (Lipinski definition) is 1. The van der Waals surface area contributed by atoms with Gasteiger partial charge in [0.25, 0.3) is 15.9 Å². The predicted octanol–water partition coefficient (Wildman–Crippen LogP) is 3.81. The molecule has 2 aromatic carbocycles. The minimum absolute atomic E-state index is 0.0234. The van der Waals surface area contributed by atoms with E-state index in [1.54, 1.807) is 43.3 Å². The maximum Gasteiger partial charge on any atom is 0.270 e. The number of carbonyl (C=O) groups excluding carboxylic acids is 1. The van der Waals surface area contributed by atoms with E-state index in [4.69, 9.17) is 14.2 Å². The number of para-hydroxylation sites is 2. The number of benzene rings is 2. The standard InChI is InChI=1S/C23H26N2O6S/c1-6-12-25-18-14-21(30-5)20(29-4)13-16(18)15(3)22(32(25,27)28)23(26)24-17-10-8-9-11-19(17)31-7-2/h6,8-11,13-14H,1,7,12H2,2-5H3,(H,24,26). The monoisotopic (exact) mass is 458 g/mol. The summed E-state index contributed by atoms with van der Waals surface area (Å²) >= 11 is 0. The summed E-state index contributed by atoms with van der Waals surface area (Å²) < 4.78 is 44.5. The Hall–Kier alpha value is -3.46. The number of amides is 1. The van der Waals surface area contributed by atoms with E-state index in [0.29, 0.717) is 46.4 Å². The Kier molecular flexibility index (Phi) is 6.78. The Morgan fingerprint density at radius 2 is 1.78 bits per heavy atom. The van der Waals surface area contributed by atoms with Crippen molar-refractivity contribution in [1.82, 2.24) is 0 Å². The van der Waals surface area contributed by atoms with Crippen LogP contribution in [-0.2, 0) is 14.8 Å². The molecule has 8 nitrogen and oxygen atoms in total. The summed E-state index contributed by atoms with van der Waals surface area (Å²) in [6.45, 7) is 7.45. The van der Waals surface area contributed by atoms with Crippen LogP contribution in [0.15, 0.2) is 54.0 Å². The van der Waals surface area contributed by atoms with E-state index >= 15 is 0 Å². The number of hydrogen-bond acceptors (Lipinski definition) is 6. The fourth-order valence-corrected chi connectivity index (χ4v) is 5.28. The molecule has 9 heteroatoms. The third-order valence-corrected chi connectivity index (χ3v) is 6.93. The Balaban J connectivity index is 2.18. The molecule has 0 saturated heterocycles. The Morgan fingerprint density at radius 3 is 2.41 bits per heavy atom. The van der Waals surface area contributed by atoms with E-state index in [-0.39, 0.29) is 11.4 Å². The van der Waals surface area contributed by atoms with Gasteiger partial charge in [-0.2, -0.15) is 0 Å². The van der Waals surface area contributed by atoms with E-state index in [9.17, 15) is 13.2 Å². The lowest BCUT2D eigenvalue weighted by Gasteiger charge is -2.32. The summed E-state index contributed by atoms with van der Waals surface area (Å²) in [6.07, 6.45) is 1.46. The van der Waals surface area contributed by atoms with E-state index in [0.717, 1.165) is 4.31 Å². The van der Waals surface area contributed by atoms with Gasteiger partial charge in [-0.25, -0.2) is 8.42 Å². The van der Waals surface area contributed by atoms with Crippen LogP contribution in [0, 0.1) is 0 Å². The molecule has 0 spiro atoms. The van der Waals surface area contributed by atoms with Crippen molar-refractivity contribution in [2.45, 2.75) is 13.8 Å². The highest BCUT2D eigenvalue weighted by molar-refractivity contribution is 7.97. The van der Waals surface area contributed by atoms with E-state index in [2.05, 4.69) is 11.9 Å². The van der Waals surface area contributed by atoms with E-state index < -0.39 is 15.9 Å². The first-order valence-electron chi connectivity index (χ1n) is 9.94. The molecule has 0 aromatic heterocycles. The first kappa shape index (κ1) is 23.2.